The van der Waals surface area contributed by atoms with Crippen molar-refractivity contribution in [1.82, 2.24) is 0 Å². The van der Waals surface area contributed by atoms with E-state index in [1.807, 2.05) is 6.92 Å². The maximum absolute atomic E-state index is 13.7. The lowest BCUT2D eigenvalue weighted by Crippen LogP contribution is -2.30. The topological polar surface area (TPSA) is 84.9 Å². The number of hydrogen-bond donors (Lipinski definition) is 1. The minimum Gasteiger partial charge on any atom is -0.495 e. The van der Waals surface area contributed by atoms with Gasteiger partial charge in [0, 0.05) is 10.0 Å². The summed E-state index contributed by atoms with van der Waals surface area (Å²) in [6.45, 7) is 1.72. The molecule has 0 unspecified atom stereocenters. The summed E-state index contributed by atoms with van der Waals surface area (Å²) in [5.74, 6) is 0.449. The lowest BCUT2D eigenvalue weighted by Gasteiger charge is -2.25. The predicted molar refractivity (Wildman–Crippen MR) is 155 cm³/mol. The van der Waals surface area contributed by atoms with Gasteiger partial charge in [-0.15, -0.1) is 0 Å². The first kappa shape index (κ1) is 28.3. The van der Waals surface area contributed by atoms with Crippen molar-refractivity contribution in [2.75, 3.05) is 23.3 Å². The number of carbonyl (C=O) groups excluding carboxylic acids is 1. The van der Waals surface area contributed by atoms with Crippen molar-refractivity contribution in [3.8, 4) is 11.5 Å². The van der Waals surface area contributed by atoms with Crippen LogP contribution < -0.4 is 19.1 Å². The molecule has 39 heavy (non-hydrogen) atoms. The fourth-order valence-corrected chi connectivity index (χ4v) is 5.48. The molecule has 0 saturated heterocycles. The second-order valence-electron chi connectivity index (χ2n) is 8.63. The minimum absolute atomic E-state index is 0.0947. The summed E-state index contributed by atoms with van der Waals surface area (Å²) in [5, 5.41) is 3.72. The Kier molecular flexibility index (Phi) is 9.01. The van der Waals surface area contributed by atoms with Crippen molar-refractivity contribution in [1.29, 1.82) is 0 Å². The van der Waals surface area contributed by atoms with Gasteiger partial charge in [0.25, 0.3) is 15.9 Å². The van der Waals surface area contributed by atoms with E-state index in [4.69, 9.17) is 32.7 Å². The Labute approximate surface area is 237 Å². The Bertz CT molecular complexity index is 1540. The summed E-state index contributed by atoms with van der Waals surface area (Å²) in [7, 11) is -2.40. The molecule has 0 spiro atoms. The van der Waals surface area contributed by atoms with Crippen LogP contribution in [0, 0.1) is 6.92 Å². The molecule has 202 valence electrons. The zero-order chi connectivity index (χ0) is 28.0. The van der Waals surface area contributed by atoms with Gasteiger partial charge in [-0.05, 0) is 79.2 Å². The largest absolute Gasteiger partial charge is 0.495 e. The molecule has 4 aromatic rings. The summed E-state index contributed by atoms with van der Waals surface area (Å²) in [5.41, 5.74) is 2.58. The number of hydrogen-bond acceptors (Lipinski definition) is 5. The van der Waals surface area contributed by atoms with Crippen molar-refractivity contribution in [2.45, 2.75) is 18.4 Å². The second kappa shape index (κ2) is 12.4. The van der Waals surface area contributed by atoms with Crippen molar-refractivity contribution >= 4 is 50.5 Å². The first-order chi connectivity index (χ1) is 18.7. The molecular formula is C29H26Cl2N2O5S. The quantitative estimate of drug-likeness (QED) is 0.223. The van der Waals surface area contributed by atoms with Crippen molar-refractivity contribution < 1.29 is 22.7 Å². The third kappa shape index (κ3) is 7.23. The van der Waals surface area contributed by atoms with Crippen molar-refractivity contribution in [2.24, 2.45) is 0 Å². The average Bonchev–Trinajstić information content (AvgIpc) is 2.92. The standard InChI is InChI=1S/C29H26Cl2N2O5S/c1-20-3-14-26(15-4-20)39(35,36)33(18-21-5-7-22(30)8-6-21)24-10-12-25(13-11-24)38-19-29(34)32-27-17-23(31)9-16-28(27)37-2/h3-17H,18-19H2,1-2H3,(H,32,34). The van der Waals surface area contributed by atoms with E-state index in [1.54, 1.807) is 91.0 Å². The summed E-state index contributed by atoms with van der Waals surface area (Å²) < 4.78 is 39.5. The molecule has 0 aliphatic rings. The molecule has 4 aromatic carbocycles. The van der Waals surface area contributed by atoms with Crippen LogP contribution in [0.4, 0.5) is 11.4 Å². The molecule has 0 aliphatic heterocycles. The van der Waals surface area contributed by atoms with Crippen molar-refractivity contribution in [3.05, 3.63) is 112 Å². The number of benzene rings is 4. The molecule has 0 saturated carbocycles. The van der Waals surface area contributed by atoms with Crippen LogP contribution in [0.15, 0.2) is 95.9 Å². The van der Waals surface area contributed by atoms with Gasteiger partial charge >= 0.3 is 0 Å². The normalized spacial score (nSPS) is 11.1. The number of aryl methyl sites for hydroxylation is 1. The highest BCUT2D eigenvalue weighted by atomic mass is 35.5. The molecule has 0 aromatic heterocycles. The van der Waals surface area contributed by atoms with Gasteiger partial charge in [-0.25, -0.2) is 8.42 Å². The number of methoxy groups -OCH3 is 1. The van der Waals surface area contributed by atoms with Crippen LogP contribution >= 0.6 is 23.2 Å². The van der Waals surface area contributed by atoms with Crippen LogP contribution in [-0.4, -0.2) is 28.0 Å². The lowest BCUT2D eigenvalue weighted by molar-refractivity contribution is -0.118. The molecular weight excluding hydrogens is 559 g/mol. The SMILES string of the molecule is COc1ccc(Cl)cc1NC(=O)COc1ccc(N(Cc2ccc(Cl)cc2)S(=O)(=O)c2ccc(C)cc2)cc1. The second-order valence-corrected chi connectivity index (χ2v) is 11.4. The van der Waals surface area contributed by atoms with E-state index in [-0.39, 0.29) is 18.0 Å². The van der Waals surface area contributed by atoms with Gasteiger partial charge in [0.05, 0.1) is 29.9 Å². The summed E-state index contributed by atoms with van der Waals surface area (Å²) in [6, 6.07) is 25.1. The Morgan fingerprint density at radius 3 is 2.15 bits per heavy atom. The number of nitrogens with zero attached hydrogens (tertiary/aromatic N) is 1. The maximum Gasteiger partial charge on any atom is 0.264 e. The average molecular weight is 586 g/mol. The fraction of sp³-hybridized carbons (Fsp3) is 0.138. The number of nitrogens with one attached hydrogen (secondary N) is 1. The van der Waals surface area contributed by atoms with E-state index in [9.17, 15) is 13.2 Å². The van der Waals surface area contributed by atoms with Crippen LogP contribution in [0.3, 0.4) is 0 Å². The van der Waals surface area contributed by atoms with Gasteiger partial charge < -0.3 is 14.8 Å². The Morgan fingerprint density at radius 1 is 0.872 bits per heavy atom. The molecule has 1 N–H and O–H groups in total. The third-order valence-electron chi connectivity index (χ3n) is 5.78. The molecule has 10 heteroatoms. The lowest BCUT2D eigenvalue weighted by atomic mass is 10.2. The van der Waals surface area contributed by atoms with E-state index >= 15 is 0 Å². The Morgan fingerprint density at radius 2 is 1.51 bits per heavy atom. The zero-order valence-corrected chi connectivity index (χ0v) is 23.6. The minimum atomic E-state index is -3.89. The molecule has 0 atom stereocenters. The van der Waals surface area contributed by atoms with Crippen LogP contribution in [0.5, 0.6) is 11.5 Å². The van der Waals surface area contributed by atoms with E-state index in [2.05, 4.69) is 5.32 Å². The number of sulfonamides is 1. The fourth-order valence-electron chi connectivity index (χ4n) is 3.73. The number of anilines is 2. The number of halogens is 2. The highest BCUT2D eigenvalue weighted by Gasteiger charge is 2.25. The van der Waals surface area contributed by atoms with Crippen LogP contribution in [0.2, 0.25) is 10.0 Å². The van der Waals surface area contributed by atoms with Gasteiger partial charge in [-0.3, -0.25) is 9.10 Å². The number of rotatable bonds is 10. The number of ether oxygens (including phenoxy) is 2. The first-order valence-electron chi connectivity index (χ1n) is 11.9. The molecule has 1 amide bonds. The summed E-state index contributed by atoms with van der Waals surface area (Å²) in [4.78, 5) is 12.6. The zero-order valence-electron chi connectivity index (χ0n) is 21.2. The van der Waals surface area contributed by atoms with Crippen LogP contribution in [0.25, 0.3) is 0 Å². The van der Waals surface area contributed by atoms with Gasteiger partial charge in [0.2, 0.25) is 0 Å². The smallest absolute Gasteiger partial charge is 0.264 e. The Hall–Kier alpha value is -3.72. The maximum atomic E-state index is 13.7. The van der Waals surface area contributed by atoms with Crippen LogP contribution in [0.1, 0.15) is 11.1 Å². The predicted octanol–water partition coefficient (Wildman–Crippen LogP) is 6.72. The van der Waals surface area contributed by atoms with Gasteiger partial charge in [0.15, 0.2) is 6.61 Å². The van der Waals surface area contributed by atoms with Gasteiger partial charge in [-0.1, -0.05) is 53.0 Å². The van der Waals surface area contributed by atoms with E-state index < -0.39 is 15.9 Å². The molecule has 4 rings (SSSR count). The molecule has 0 radical (unpaired) electrons. The molecule has 0 fully saturated rings. The van der Waals surface area contributed by atoms with E-state index in [0.717, 1.165) is 11.1 Å². The third-order valence-corrected chi connectivity index (χ3v) is 8.05. The molecule has 0 aliphatic carbocycles. The van der Waals surface area contributed by atoms with E-state index in [0.29, 0.717) is 32.9 Å². The summed E-state index contributed by atoms with van der Waals surface area (Å²) in [6.07, 6.45) is 0. The first-order valence-corrected chi connectivity index (χ1v) is 14.1. The van der Waals surface area contributed by atoms with Crippen LogP contribution in [-0.2, 0) is 21.4 Å². The molecule has 0 heterocycles. The monoisotopic (exact) mass is 584 g/mol. The number of amides is 1. The molecule has 7 nitrogen and oxygen atoms in total. The molecule has 0 bridgehead atoms. The van der Waals surface area contributed by atoms with Gasteiger partial charge in [0.1, 0.15) is 11.5 Å². The Balaban J connectivity index is 1.52. The highest BCUT2D eigenvalue weighted by molar-refractivity contribution is 7.92. The van der Waals surface area contributed by atoms with Gasteiger partial charge in [-0.2, -0.15) is 0 Å². The van der Waals surface area contributed by atoms with Crippen molar-refractivity contribution in [3.63, 3.8) is 0 Å². The summed E-state index contributed by atoms with van der Waals surface area (Å²) >= 11 is 12.0. The number of carbonyl (C=O) groups is 1. The van der Waals surface area contributed by atoms with E-state index in [1.165, 1.54) is 11.4 Å². The highest BCUT2D eigenvalue weighted by Crippen LogP contribution is 2.29.